The molecule has 1 aromatic rings. The van der Waals surface area contributed by atoms with Gasteiger partial charge in [-0.2, -0.15) is 16.8 Å². The van der Waals surface area contributed by atoms with Crippen LogP contribution in [0.4, 0.5) is 5.69 Å². The number of hydrogen-bond acceptors (Lipinski definition) is 5. The van der Waals surface area contributed by atoms with Crippen molar-refractivity contribution in [2.24, 2.45) is 0 Å². The van der Waals surface area contributed by atoms with E-state index in [4.69, 9.17) is 14.8 Å². The number of nitrogens with two attached hydrogens (primary N) is 1. The Kier molecular flexibility index (Phi) is 4.91. The predicted molar refractivity (Wildman–Crippen MR) is 71.1 cm³/mol. The molecule has 7 nitrogen and oxygen atoms in total. The minimum atomic E-state index is -4.12. The van der Waals surface area contributed by atoms with E-state index in [2.05, 4.69) is 0 Å². The molecule has 0 amide bonds. The van der Waals surface area contributed by atoms with Crippen LogP contribution in [0.1, 0.15) is 11.1 Å². The van der Waals surface area contributed by atoms with Crippen LogP contribution in [0, 0.1) is 0 Å². The average Bonchev–Trinajstić information content (AvgIpc) is 2.22. The summed E-state index contributed by atoms with van der Waals surface area (Å²) in [7, 11) is -8.23. The van der Waals surface area contributed by atoms with Crippen LogP contribution < -0.4 is 5.73 Å². The summed E-state index contributed by atoms with van der Waals surface area (Å²) in [6.07, 6.45) is -0.00298. The monoisotopic (exact) mass is 309 g/mol. The van der Waals surface area contributed by atoms with Gasteiger partial charge in [0.1, 0.15) is 0 Å². The zero-order chi connectivity index (χ0) is 14.7. The molecule has 0 aromatic heterocycles. The molecule has 0 aliphatic heterocycles. The van der Waals surface area contributed by atoms with Crippen LogP contribution in [-0.4, -0.2) is 37.4 Å². The highest BCUT2D eigenvalue weighted by atomic mass is 32.2. The Morgan fingerprint density at radius 3 is 2.00 bits per heavy atom. The SMILES string of the molecule is Nc1cccc(CCS(=O)(=O)O)c1CCS(=O)(=O)O. The smallest absolute Gasteiger partial charge is 0.265 e. The van der Waals surface area contributed by atoms with Crippen molar-refractivity contribution in [1.29, 1.82) is 0 Å². The summed E-state index contributed by atoms with van der Waals surface area (Å²) in [5.41, 5.74) is 7.01. The predicted octanol–water partition coefficient (Wildman–Crippen LogP) is 0.129. The summed E-state index contributed by atoms with van der Waals surface area (Å²) < 4.78 is 60.3. The van der Waals surface area contributed by atoms with E-state index in [1.165, 1.54) is 0 Å². The topological polar surface area (TPSA) is 135 Å². The van der Waals surface area contributed by atoms with Gasteiger partial charge < -0.3 is 5.73 Å². The van der Waals surface area contributed by atoms with Gasteiger partial charge in [-0.3, -0.25) is 9.11 Å². The molecule has 0 saturated carbocycles. The van der Waals surface area contributed by atoms with E-state index in [1.807, 2.05) is 0 Å². The van der Waals surface area contributed by atoms with E-state index in [9.17, 15) is 16.8 Å². The molecule has 1 aromatic carbocycles. The van der Waals surface area contributed by atoms with Crippen LogP contribution in [0.15, 0.2) is 18.2 Å². The molecule has 9 heteroatoms. The lowest BCUT2D eigenvalue weighted by Gasteiger charge is -2.11. The summed E-state index contributed by atoms with van der Waals surface area (Å²) in [4.78, 5) is 0. The second-order valence-electron chi connectivity index (χ2n) is 4.06. The number of rotatable bonds is 6. The van der Waals surface area contributed by atoms with E-state index >= 15 is 0 Å². The van der Waals surface area contributed by atoms with E-state index in [-0.39, 0.29) is 12.8 Å². The van der Waals surface area contributed by atoms with Gasteiger partial charge in [0, 0.05) is 5.69 Å². The van der Waals surface area contributed by atoms with Gasteiger partial charge in [-0.25, -0.2) is 0 Å². The van der Waals surface area contributed by atoms with Gasteiger partial charge >= 0.3 is 0 Å². The fourth-order valence-corrected chi connectivity index (χ4v) is 2.60. The van der Waals surface area contributed by atoms with E-state index in [0.717, 1.165) is 0 Å². The van der Waals surface area contributed by atoms with Gasteiger partial charge in [0.2, 0.25) is 0 Å². The van der Waals surface area contributed by atoms with E-state index in [1.54, 1.807) is 18.2 Å². The Morgan fingerprint density at radius 1 is 0.947 bits per heavy atom. The minimum absolute atomic E-state index is 0.0185. The van der Waals surface area contributed by atoms with Crippen LogP contribution >= 0.6 is 0 Å². The summed E-state index contributed by atoms with van der Waals surface area (Å²) in [6, 6.07) is 4.75. The Hall–Kier alpha value is -1.16. The molecular formula is C10H15NO6S2. The van der Waals surface area contributed by atoms with Crippen molar-refractivity contribution in [2.45, 2.75) is 12.8 Å². The Balaban J connectivity index is 2.95. The van der Waals surface area contributed by atoms with Crippen molar-refractivity contribution in [1.82, 2.24) is 0 Å². The van der Waals surface area contributed by atoms with Crippen LogP contribution in [0.5, 0.6) is 0 Å². The number of benzene rings is 1. The number of hydrogen-bond donors (Lipinski definition) is 3. The van der Waals surface area contributed by atoms with Gasteiger partial charge in [0.25, 0.3) is 20.2 Å². The second-order valence-corrected chi connectivity index (χ2v) is 7.20. The lowest BCUT2D eigenvalue weighted by atomic mass is 10.0. The first-order valence-electron chi connectivity index (χ1n) is 5.35. The van der Waals surface area contributed by atoms with Gasteiger partial charge in [-0.05, 0) is 30.0 Å². The van der Waals surface area contributed by atoms with Crippen molar-refractivity contribution in [3.63, 3.8) is 0 Å². The molecule has 0 radical (unpaired) electrons. The highest BCUT2D eigenvalue weighted by Crippen LogP contribution is 2.19. The molecule has 4 N–H and O–H groups in total. The lowest BCUT2D eigenvalue weighted by Crippen LogP contribution is -2.12. The first-order valence-corrected chi connectivity index (χ1v) is 8.57. The average molecular weight is 309 g/mol. The third-order valence-corrected chi connectivity index (χ3v) is 3.99. The summed E-state index contributed by atoms with van der Waals surface area (Å²) in [5.74, 6) is -0.977. The quantitative estimate of drug-likeness (QED) is 0.502. The fourth-order valence-electron chi connectivity index (χ4n) is 1.66. The molecule has 0 spiro atoms. The molecule has 0 aliphatic rings. The normalized spacial score (nSPS) is 12.5. The molecule has 0 bridgehead atoms. The van der Waals surface area contributed by atoms with Crippen molar-refractivity contribution in [3.8, 4) is 0 Å². The molecule has 0 heterocycles. The zero-order valence-corrected chi connectivity index (χ0v) is 11.6. The maximum atomic E-state index is 10.7. The molecule has 0 atom stereocenters. The summed E-state index contributed by atoms with van der Waals surface area (Å²) >= 11 is 0. The first kappa shape index (κ1) is 15.9. The van der Waals surface area contributed by atoms with Gasteiger partial charge in [0.05, 0.1) is 11.5 Å². The largest absolute Gasteiger partial charge is 0.398 e. The molecular weight excluding hydrogens is 294 g/mol. The molecule has 108 valence electrons. The van der Waals surface area contributed by atoms with Crippen LogP contribution in [-0.2, 0) is 33.1 Å². The molecule has 0 fully saturated rings. The van der Waals surface area contributed by atoms with Gasteiger partial charge in [-0.15, -0.1) is 0 Å². The fraction of sp³-hybridized carbons (Fsp3) is 0.400. The second kappa shape index (κ2) is 5.87. The minimum Gasteiger partial charge on any atom is -0.398 e. The number of aryl methyl sites for hydroxylation is 1. The molecule has 0 saturated heterocycles. The molecule has 0 aliphatic carbocycles. The van der Waals surface area contributed by atoms with Crippen molar-refractivity contribution < 1.29 is 25.9 Å². The summed E-state index contributed by atoms with van der Waals surface area (Å²) in [5, 5.41) is 0. The third-order valence-electron chi connectivity index (χ3n) is 2.55. The maximum absolute atomic E-state index is 10.7. The van der Waals surface area contributed by atoms with Crippen molar-refractivity contribution >= 4 is 25.9 Å². The maximum Gasteiger partial charge on any atom is 0.265 e. The Labute approximate surface area is 111 Å². The Bertz CT molecular complexity index is 651. The number of anilines is 1. The van der Waals surface area contributed by atoms with E-state index in [0.29, 0.717) is 16.8 Å². The van der Waals surface area contributed by atoms with Crippen LogP contribution in [0.3, 0.4) is 0 Å². The van der Waals surface area contributed by atoms with E-state index < -0.39 is 31.7 Å². The van der Waals surface area contributed by atoms with Crippen LogP contribution in [0.2, 0.25) is 0 Å². The standard InChI is InChI=1S/C10H15NO6S2/c11-10-3-1-2-8(4-6-18(12,13)14)9(10)5-7-19(15,16)17/h1-3H,4-7,11H2,(H,12,13,14)(H,15,16,17). The molecule has 0 unspecified atom stereocenters. The molecule has 19 heavy (non-hydrogen) atoms. The molecule has 1 rings (SSSR count). The van der Waals surface area contributed by atoms with Gasteiger partial charge in [-0.1, -0.05) is 12.1 Å². The van der Waals surface area contributed by atoms with Gasteiger partial charge in [0.15, 0.2) is 0 Å². The van der Waals surface area contributed by atoms with Crippen molar-refractivity contribution in [3.05, 3.63) is 29.3 Å². The third kappa shape index (κ3) is 6.01. The van der Waals surface area contributed by atoms with Crippen LogP contribution in [0.25, 0.3) is 0 Å². The summed E-state index contributed by atoms with van der Waals surface area (Å²) in [6.45, 7) is 0. The van der Waals surface area contributed by atoms with Crippen molar-refractivity contribution in [2.75, 3.05) is 17.2 Å². The first-order chi connectivity index (χ1) is 8.58. The lowest BCUT2D eigenvalue weighted by molar-refractivity contribution is 0.479. The Morgan fingerprint density at radius 2 is 1.47 bits per heavy atom. The highest BCUT2D eigenvalue weighted by Gasteiger charge is 2.13. The highest BCUT2D eigenvalue weighted by molar-refractivity contribution is 7.86. The number of nitrogen functional groups attached to an aromatic ring is 1. The zero-order valence-electron chi connectivity index (χ0n) is 9.98.